The maximum Gasteiger partial charge on any atom is 0.281 e. The summed E-state index contributed by atoms with van der Waals surface area (Å²) in [6.07, 6.45) is 0. The van der Waals surface area contributed by atoms with Crippen LogP contribution in [0.3, 0.4) is 0 Å². The Bertz CT molecular complexity index is 708. The van der Waals surface area contributed by atoms with E-state index in [0.29, 0.717) is 10.7 Å². The summed E-state index contributed by atoms with van der Waals surface area (Å²) in [5, 5.41) is 4.76. The summed E-state index contributed by atoms with van der Waals surface area (Å²) in [7, 11) is 1.54. The molecule has 0 fully saturated rings. The molecule has 4 nitrogen and oxygen atoms in total. The molecule has 1 heterocycles. The smallest absolute Gasteiger partial charge is 0.281 e. The molecule has 0 bridgehead atoms. The molecule has 0 unspecified atom stereocenters. The summed E-state index contributed by atoms with van der Waals surface area (Å²) in [5.41, 5.74) is 1.12. The molecule has 6 heteroatoms. The number of carbonyl (C=O) groups is 1. The molecule has 2 rings (SSSR count). The first-order chi connectivity index (χ1) is 8.91. The number of hydrogen-bond donors (Lipinski definition) is 0. The van der Waals surface area contributed by atoms with E-state index in [1.54, 1.807) is 24.3 Å². The van der Waals surface area contributed by atoms with Crippen LogP contribution in [0.4, 0.5) is 0 Å². The van der Waals surface area contributed by atoms with E-state index in [2.05, 4.69) is 21.0 Å². The van der Waals surface area contributed by atoms with Crippen molar-refractivity contribution in [2.45, 2.75) is 6.92 Å². The van der Waals surface area contributed by atoms with Gasteiger partial charge in [0, 0.05) is 17.6 Å². The van der Waals surface area contributed by atoms with Crippen molar-refractivity contribution in [3.8, 4) is 11.3 Å². The molecular weight excluding hydrogens is 332 g/mol. The highest BCUT2D eigenvalue weighted by Gasteiger charge is 2.19. The topological polar surface area (TPSA) is 52.0 Å². The van der Waals surface area contributed by atoms with E-state index < -0.39 is 0 Å². The quantitative estimate of drug-likeness (QED) is 0.789. The Morgan fingerprint density at radius 1 is 1.32 bits per heavy atom. The number of benzene rings is 1. The molecular formula is C13H10BrClN2O2. The molecule has 0 saturated heterocycles. The molecule has 0 atom stereocenters. The first-order valence-corrected chi connectivity index (χ1v) is 6.62. The molecule has 0 N–H and O–H groups in total. The van der Waals surface area contributed by atoms with E-state index in [0.717, 1.165) is 5.56 Å². The van der Waals surface area contributed by atoms with E-state index in [4.69, 9.17) is 11.6 Å². The van der Waals surface area contributed by atoms with Crippen molar-refractivity contribution < 1.29 is 4.79 Å². The Balaban J connectivity index is 2.79. The Kier molecular flexibility index (Phi) is 3.87. The van der Waals surface area contributed by atoms with Gasteiger partial charge in [-0.1, -0.05) is 23.7 Å². The highest BCUT2D eigenvalue weighted by atomic mass is 79.9. The SMILES string of the molecule is CC(=O)c1c(-c2ccc(Cl)cc2)nn(C)c(=O)c1Br. The van der Waals surface area contributed by atoms with Crippen molar-refractivity contribution in [2.24, 2.45) is 7.05 Å². The van der Waals surface area contributed by atoms with Crippen LogP contribution >= 0.6 is 27.5 Å². The van der Waals surface area contributed by atoms with E-state index in [1.807, 2.05) is 0 Å². The summed E-state index contributed by atoms with van der Waals surface area (Å²) < 4.78 is 1.42. The fourth-order valence-electron chi connectivity index (χ4n) is 1.73. The van der Waals surface area contributed by atoms with Crippen LogP contribution in [0.25, 0.3) is 11.3 Å². The van der Waals surface area contributed by atoms with Crippen LogP contribution in [0.1, 0.15) is 17.3 Å². The van der Waals surface area contributed by atoms with Crippen LogP contribution in [0.5, 0.6) is 0 Å². The van der Waals surface area contributed by atoms with Crippen LogP contribution in [0.2, 0.25) is 5.02 Å². The van der Waals surface area contributed by atoms with Gasteiger partial charge >= 0.3 is 0 Å². The monoisotopic (exact) mass is 340 g/mol. The highest BCUT2D eigenvalue weighted by Crippen LogP contribution is 2.26. The molecule has 0 aliphatic heterocycles. The number of rotatable bonds is 2. The molecule has 1 aromatic heterocycles. The van der Waals surface area contributed by atoms with E-state index >= 15 is 0 Å². The number of halogens is 2. The minimum Gasteiger partial charge on any atom is -0.294 e. The maximum atomic E-state index is 11.8. The van der Waals surface area contributed by atoms with Gasteiger partial charge in [-0.15, -0.1) is 0 Å². The zero-order valence-electron chi connectivity index (χ0n) is 10.3. The van der Waals surface area contributed by atoms with Gasteiger partial charge in [-0.05, 0) is 35.0 Å². The number of hydrogen-bond acceptors (Lipinski definition) is 3. The lowest BCUT2D eigenvalue weighted by Gasteiger charge is -2.10. The number of aromatic nitrogens is 2. The van der Waals surface area contributed by atoms with E-state index in [1.165, 1.54) is 18.7 Å². The number of nitrogens with zero attached hydrogens (tertiary/aromatic N) is 2. The van der Waals surface area contributed by atoms with E-state index in [-0.39, 0.29) is 21.4 Å². The van der Waals surface area contributed by atoms with Gasteiger partial charge < -0.3 is 0 Å². The number of carbonyl (C=O) groups excluding carboxylic acids is 1. The Morgan fingerprint density at radius 2 is 1.89 bits per heavy atom. The summed E-state index contributed by atoms with van der Waals surface area (Å²) in [6, 6.07) is 6.94. The molecule has 0 radical (unpaired) electrons. The maximum absolute atomic E-state index is 11.8. The minimum atomic E-state index is -0.345. The third kappa shape index (κ3) is 2.62. The lowest BCUT2D eigenvalue weighted by Crippen LogP contribution is -2.24. The summed E-state index contributed by atoms with van der Waals surface area (Å²) in [6.45, 7) is 1.40. The van der Waals surface area contributed by atoms with Crippen molar-refractivity contribution in [3.63, 3.8) is 0 Å². The molecule has 0 aliphatic rings. The Hall–Kier alpha value is -1.46. The van der Waals surface area contributed by atoms with Crippen LogP contribution in [0.15, 0.2) is 33.5 Å². The summed E-state index contributed by atoms with van der Waals surface area (Å²) >= 11 is 9.01. The van der Waals surface area contributed by atoms with Gasteiger partial charge in [-0.2, -0.15) is 5.10 Å². The normalized spacial score (nSPS) is 10.5. The second kappa shape index (κ2) is 5.27. The third-order valence-electron chi connectivity index (χ3n) is 2.66. The lowest BCUT2D eigenvalue weighted by atomic mass is 10.0. The van der Waals surface area contributed by atoms with E-state index in [9.17, 15) is 9.59 Å². The third-order valence-corrected chi connectivity index (χ3v) is 3.65. The Labute approximate surface area is 123 Å². The van der Waals surface area contributed by atoms with Crippen molar-refractivity contribution >= 4 is 33.3 Å². The van der Waals surface area contributed by atoms with Crippen molar-refractivity contribution in [3.05, 3.63) is 49.7 Å². The second-order valence-corrected chi connectivity index (χ2v) is 5.26. The summed E-state index contributed by atoms with van der Waals surface area (Å²) in [4.78, 5) is 23.6. The number of aryl methyl sites for hydroxylation is 1. The van der Waals surface area contributed by atoms with Gasteiger partial charge in [0.05, 0.1) is 10.0 Å². The molecule has 0 aliphatic carbocycles. The first kappa shape index (κ1) is 14.0. The lowest BCUT2D eigenvalue weighted by molar-refractivity contribution is 0.101. The average molecular weight is 342 g/mol. The van der Waals surface area contributed by atoms with Gasteiger partial charge in [-0.3, -0.25) is 9.59 Å². The fraction of sp³-hybridized carbons (Fsp3) is 0.154. The van der Waals surface area contributed by atoms with Crippen molar-refractivity contribution in [1.82, 2.24) is 9.78 Å². The molecule has 0 saturated carbocycles. The standard InChI is InChI=1S/C13H10BrClN2O2/c1-7(18)10-11(14)13(19)17(2)16-12(10)8-3-5-9(15)6-4-8/h3-6H,1-2H3. The molecule has 2 aromatic rings. The zero-order valence-corrected chi connectivity index (χ0v) is 12.6. The van der Waals surface area contributed by atoms with Gasteiger partial charge in [0.15, 0.2) is 5.78 Å². The molecule has 19 heavy (non-hydrogen) atoms. The largest absolute Gasteiger partial charge is 0.294 e. The van der Waals surface area contributed by atoms with Crippen molar-refractivity contribution in [2.75, 3.05) is 0 Å². The van der Waals surface area contributed by atoms with Gasteiger partial charge in [0.1, 0.15) is 5.69 Å². The molecule has 98 valence electrons. The molecule has 0 spiro atoms. The second-order valence-electron chi connectivity index (χ2n) is 4.03. The van der Waals surface area contributed by atoms with Gasteiger partial charge in [0.2, 0.25) is 0 Å². The average Bonchev–Trinajstić information content (AvgIpc) is 2.36. The van der Waals surface area contributed by atoms with Crippen LogP contribution in [0, 0.1) is 0 Å². The van der Waals surface area contributed by atoms with Crippen LogP contribution < -0.4 is 5.56 Å². The van der Waals surface area contributed by atoms with Crippen LogP contribution in [-0.2, 0) is 7.05 Å². The van der Waals surface area contributed by atoms with Crippen LogP contribution in [-0.4, -0.2) is 15.6 Å². The highest BCUT2D eigenvalue weighted by molar-refractivity contribution is 9.10. The first-order valence-electron chi connectivity index (χ1n) is 5.45. The zero-order chi connectivity index (χ0) is 14.2. The fourth-order valence-corrected chi connectivity index (χ4v) is 2.58. The predicted molar refractivity (Wildman–Crippen MR) is 77.6 cm³/mol. The predicted octanol–water partition coefficient (Wildman–Crippen LogP) is 3.07. The van der Waals surface area contributed by atoms with Gasteiger partial charge in [-0.25, -0.2) is 4.68 Å². The molecule has 0 amide bonds. The molecule has 1 aromatic carbocycles. The number of ketones is 1. The van der Waals surface area contributed by atoms with Gasteiger partial charge in [0.25, 0.3) is 5.56 Å². The Morgan fingerprint density at radius 3 is 2.42 bits per heavy atom. The number of Topliss-reactive ketones (excluding diaryl/α,β-unsaturated/α-hetero) is 1. The summed E-state index contributed by atoms with van der Waals surface area (Å²) in [5.74, 6) is -0.220. The van der Waals surface area contributed by atoms with Crippen molar-refractivity contribution in [1.29, 1.82) is 0 Å². The minimum absolute atomic E-state index is 0.220.